The summed E-state index contributed by atoms with van der Waals surface area (Å²) >= 11 is 0. The van der Waals surface area contributed by atoms with Crippen LogP contribution in [0.5, 0.6) is 5.75 Å². The van der Waals surface area contributed by atoms with E-state index in [2.05, 4.69) is 15.2 Å². The monoisotopic (exact) mass is 318 g/mol. The molecule has 0 unspecified atom stereocenters. The molecule has 0 saturated heterocycles. The zero-order valence-corrected chi connectivity index (χ0v) is 12.2. The number of diazo groups is 1. The molecular formula is C13H10N4O4S. The van der Waals surface area contributed by atoms with Gasteiger partial charge in [-0.2, -0.15) is 10.2 Å². The van der Waals surface area contributed by atoms with Gasteiger partial charge in [-0.3, -0.25) is 0 Å². The maximum absolute atomic E-state index is 10.9. The Hall–Kier alpha value is -2.83. The number of methoxy groups -OCH3 is 1. The second-order valence-corrected chi connectivity index (χ2v) is 5.49. The maximum Gasteiger partial charge on any atom is 0.426 e. The van der Waals surface area contributed by atoms with Crippen molar-refractivity contribution in [3.05, 3.63) is 47.4 Å². The third-order valence-electron chi connectivity index (χ3n) is 2.66. The molecule has 9 heteroatoms. The van der Waals surface area contributed by atoms with E-state index in [9.17, 15) is 13.0 Å². The summed E-state index contributed by atoms with van der Waals surface area (Å²) < 4.78 is 37.8. The lowest BCUT2D eigenvalue weighted by atomic mass is 10.2. The molecule has 0 N–H and O–H groups in total. The van der Waals surface area contributed by atoms with Crippen molar-refractivity contribution in [1.82, 2.24) is 0 Å². The van der Waals surface area contributed by atoms with Crippen molar-refractivity contribution in [2.45, 2.75) is 4.90 Å². The molecule has 0 aliphatic carbocycles. The summed E-state index contributed by atoms with van der Waals surface area (Å²) in [6, 6.07) is 9.72. The van der Waals surface area contributed by atoms with Gasteiger partial charge in [0.05, 0.1) is 23.4 Å². The summed E-state index contributed by atoms with van der Waals surface area (Å²) in [6.07, 6.45) is 0. The zero-order valence-electron chi connectivity index (χ0n) is 11.4. The van der Waals surface area contributed by atoms with E-state index < -0.39 is 10.1 Å². The Morgan fingerprint density at radius 2 is 1.82 bits per heavy atom. The van der Waals surface area contributed by atoms with Gasteiger partial charge in [0.15, 0.2) is 4.98 Å². The fraction of sp³-hybridized carbons (Fsp3) is 0.0769. The summed E-state index contributed by atoms with van der Waals surface area (Å²) in [5, 5.41) is 16.5. The van der Waals surface area contributed by atoms with Crippen molar-refractivity contribution in [2.75, 3.05) is 7.11 Å². The summed E-state index contributed by atoms with van der Waals surface area (Å²) in [5.41, 5.74) is 0.854. The molecule has 0 spiro atoms. The molecule has 2 aromatic carbocycles. The van der Waals surface area contributed by atoms with Crippen LogP contribution in [0.15, 0.2) is 57.6 Å². The first-order valence-electron chi connectivity index (χ1n) is 5.95. The summed E-state index contributed by atoms with van der Waals surface area (Å²) in [4.78, 5) is 2.66. The predicted octanol–water partition coefficient (Wildman–Crippen LogP) is 3.50. The highest BCUT2D eigenvalue weighted by Gasteiger charge is 2.14. The molecular weight excluding hydrogens is 308 g/mol. The Bertz CT molecular complexity index is 872. The Morgan fingerprint density at radius 3 is 2.41 bits per heavy atom. The van der Waals surface area contributed by atoms with Crippen molar-refractivity contribution in [3.8, 4) is 5.75 Å². The number of azo groups is 1. The average molecular weight is 318 g/mol. The zero-order chi connectivity index (χ0) is 16.2. The molecule has 0 fully saturated rings. The molecule has 2 rings (SSSR count). The lowest BCUT2D eigenvalue weighted by molar-refractivity contribution is 0.417. The number of hydrogen-bond donors (Lipinski definition) is 0. The standard InChI is InChI=1S/C13H10N4O4S/c1-21-13-8-10(5-6-12(13)15-14)17-16-9-3-2-4-11(7-9)22(18,19)20/h2-8H,1H3. The Labute approximate surface area is 126 Å². The van der Waals surface area contributed by atoms with Crippen LogP contribution in [-0.4, -0.2) is 20.1 Å². The van der Waals surface area contributed by atoms with Crippen molar-refractivity contribution in [2.24, 2.45) is 10.2 Å². The van der Waals surface area contributed by atoms with Gasteiger partial charge in [0.1, 0.15) is 10.1 Å². The molecule has 22 heavy (non-hydrogen) atoms. The van der Waals surface area contributed by atoms with Crippen molar-refractivity contribution in [3.63, 3.8) is 0 Å². The topological polar surface area (TPSA) is 119 Å². The first-order valence-corrected chi connectivity index (χ1v) is 7.35. The van der Waals surface area contributed by atoms with Gasteiger partial charge in [-0.05, 0) is 24.3 Å². The number of nitrogens with zero attached hydrogens (tertiary/aromatic N) is 4. The van der Waals surface area contributed by atoms with Crippen molar-refractivity contribution < 1.29 is 17.7 Å². The van der Waals surface area contributed by atoms with Crippen LogP contribution in [0, 0.1) is 5.39 Å². The predicted molar refractivity (Wildman–Crippen MR) is 76.3 cm³/mol. The number of benzene rings is 2. The van der Waals surface area contributed by atoms with E-state index in [0.717, 1.165) is 6.07 Å². The molecule has 0 heterocycles. The minimum Gasteiger partial charge on any atom is -0.744 e. The Kier molecular flexibility index (Phi) is 4.45. The van der Waals surface area contributed by atoms with Gasteiger partial charge in [0.25, 0.3) is 0 Å². The summed E-state index contributed by atoms with van der Waals surface area (Å²) in [6.45, 7) is 0. The van der Waals surface area contributed by atoms with Gasteiger partial charge >= 0.3 is 5.69 Å². The second-order valence-electron chi connectivity index (χ2n) is 4.11. The molecule has 0 amide bonds. The van der Waals surface area contributed by atoms with Crippen LogP contribution < -0.4 is 4.74 Å². The van der Waals surface area contributed by atoms with E-state index in [1.165, 1.54) is 43.5 Å². The van der Waals surface area contributed by atoms with Crippen LogP contribution in [0.25, 0.3) is 4.98 Å². The van der Waals surface area contributed by atoms with Gasteiger partial charge in [0.2, 0.25) is 11.1 Å². The normalized spacial score (nSPS) is 11.3. The number of hydrogen-bond acceptors (Lipinski definition) is 7. The first-order chi connectivity index (χ1) is 10.4. The molecule has 0 aromatic heterocycles. The van der Waals surface area contributed by atoms with E-state index in [-0.39, 0.29) is 16.3 Å². The fourth-order valence-electron chi connectivity index (χ4n) is 1.63. The molecule has 0 atom stereocenters. The van der Waals surface area contributed by atoms with E-state index in [4.69, 9.17) is 10.1 Å². The molecule has 0 saturated carbocycles. The molecule has 0 aliphatic rings. The lowest BCUT2D eigenvalue weighted by Crippen LogP contribution is -1.97. The smallest absolute Gasteiger partial charge is 0.426 e. The van der Waals surface area contributed by atoms with E-state index in [1.807, 2.05) is 0 Å². The van der Waals surface area contributed by atoms with E-state index >= 15 is 0 Å². The van der Waals surface area contributed by atoms with Crippen molar-refractivity contribution in [1.29, 1.82) is 5.39 Å². The van der Waals surface area contributed by atoms with Crippen LogP contribution in [0.4, 0.5) is 17.1 Å². The van der Waals surface area contributed by atoms with Crippen LogP contribution in [0.1, 0.15) is 0 Å². The third kappa shape index (κ3) is 3.63. The average Bonchev–Trinajstić information content (AvgIpc) is 2.52. The molecule has 0 radical (unpaired) electrons. The highest BCUT2D eigenvalue weighted by molar-refractivity contribution is 7.85. The van der Waals surface area contributed by atoms with Crippen LogP contribution >= 0.6 is 0 Å². The van der Waals surface area contributed by atoms with E-state index in [1.54, 1.807) is 0 Å². The minimum atomic E-state index is -4.54. The fourth-order valence-corrected chi connectivity index (χ4v) is 2.14. The Morgan fingerprint density at radius 1 is 1.14 bits per heavy atom. The molecule has 0 aliphatic heterocycles. The second kappa shape index (κ2) is 6.30. The first kappa shape index (κ1) is 15.6. The quantitative estimate of drug-likeness (QED) is 0.485. The molecule has 112 valence electrons. The highest BCUT2D eigenvalue weighted by atomic mass is 32.2. The van der Waals surface area contributed by atoms with Gasteiger partial charge in [0, 0.05) is 12.1 Å². The SMILES string of the molecule is COc1cc(N=Nc2cccc(S(=O)(=O)[O-])c2)ccc1[N+]#N. The lowest BCUT2D eigenvalue weighted by Gasteiger charge is -2.06. The molecule has 2 aromatic rings. The molecule has 0 bridgehead atoms. The van der Waals surface area contributed by atoms with Gasteiger partial charge in [-0.25, -0.2) is 8.42 Å². The van der Waals surface area contributed by atoms with E-state index in [0.29, 0.717) is 11.4 Å². The summed E-state index contributed by atoms with van der Waals surface area (Å²) in [5.74, 6) is 0.301. The Balaban J connectivity index is 2.32. The van der Waals surface area contributed by atoms with Gasteiger partial charge in [-0.15, -0.1) is 0 Å². The largest absolute Gasteiger partial charge is 0.744 e. The van der Waals surface area contributed by atoms with Gasteiger partial charge in [-0.1, -0.05) is 6.07 Å². The van der Waals surface area contributed by atoms with Crippen LogP contribution in [0.2, 0.25) is 0 Å². The maximum atomic E-state index is 10.9. The van der Waals surface area contributed by atoms with Crippen molar-refractivity contribution >= 4 is 27.2 Å². The highest BCUT2D eigenvalue weighted by Crippen LogP contribution is 2.32. The molecule has 8 nitrogen and oxygen atoms in total. The van der Waals surface area contributed by atoms with Gasteiger partial charge < -0.3 is 9.29 Å². The number of ether oxygens (including phenoxy) is 1. The van der Waals surface area contributed by atoms with Crippen LogP contribution in [-0.2, 0) is 10.1 Å². The minimum absolute atomic E-state index is 0.215. The third-order valence-corrected chi connectivity index (χ3v) is 3.49. The van der Waals surface area contributed by atoms with Crippen LogP contribution in [0.3, 0.4) is 0 Å². The summed E-state index contributed by atoms with van der Waals surface area (Å²) in [7, 11) is -3.13. The number of rotatable bonds is 4.